The Morgan fingerprint density at radius 2 is 2.09 bits per heavy atom. The SMILES string of the molecule is COCCNC(=O)CCN(CCCN1CCOCC1)c1nc(C2CC2)nc2cc(Cl)ccc12. The molecule has 1 aromatic carbocycles. The third kappa shape index (κ3) is 6.99. The lowest BCUT2D eigenvalue weighted by Gasteiger charge is -2.29. The highest BCUT2D eigenvalue weighted by Gasteiger charge is 2.28. The fourth-order valence-corrected chi connectivity index (χ4v) is 4.29. The Morgan fingerprint density at radius 3 is 2.85 bits per heavy atom. The number of methoxy groups -OCH3 is 1. The number of ether oxygens (including phenoxy) is 2. The molecule has 0 radical (unpaired) electrons. The largest absolute Gasteiger partial charge is 0.383 e. The highest BCUT2D eigenvalue weighted by Crippen LogP contribution is 2.40. The van der Waals surface area contributed by atoms with Crippen molar-refractivity contribution in [2.45, 2.75) is 31.6 Å². The van der Waals surface area contributed by atoms with Crippen LogP contribution in [-0.4, -0.2) is 87.0 Å². The van der Waals surface area contributed by atoms with Crippen molar-refractivity contribution in [2.75, 3.05) is 71.1 Å². The van der Waals surface area contributed by atoms with Gasteiger partial charge in [0.25, 0.3) is 0 Å². The van der Waals surface area contributed by atoms with Crippen LogP contribution in [0.25, 0.3) is 10.9 Å². The lowest BCUT2D eigenvalue weighted by Crippen LogP contribution is -2.39. The number of nitrogens with zero attached hydrogens (tertiary/aromatic N) is 4. The third-order valence-electron chi connectivity index (χ3n) is 6.14. The summed E-state index contributed by atoms with van der Waals surface area (Å²) in [5, 5.41) is 4.57. The zero-order valence-electron chi connectivity index (χ0n) is 19.4. The standard InChI is InChI=1S/C24H34ClN5O3/c1-32-14-8-26-22(31)7-11-30(10-2-9-29-12-15-33-16-13-29)24-20-6-5-19(25)17-21(20)27-23(28-24)18-3-4-18/h5-6,17-18H,2-4,7-16H2,1H3,(H,26,31). The summed E-state index contributed by atoms with van der Waals surface area (Å²) < 4.78 is 10.5. The molecular formula is C24H34ClN5O3. The predicted molar refractivity (Wildman–Crippen MR) is 130 cm³/mol. The molecule has 2 aromatic rings. The number of carbonyl (C=O) groups excluding carboxylic acids is 1. The van der Waals surface area contributed by atoms with E-state index in [0.29, 0.717) is 37.1 Å². The minimum absolute atomic E-state index is 0.0223. The maximum Gasteiger partial charge on any atom is 0.221 e. The van der Waals surface area contributed by atoms with E-state index in [-0.39, 0.29) is 5.91 Å². The van der Waals surface area contributed by atoms with Gasteiger partial charge in [0.2, 0.25) is 5.91 Å². The number of morpholine rings is 1. The van der Waals surface area contributed by atoms with Gasteiger partial charge >= 0.3 is 0 Å². The van der Waals surface area contributed by atoms with Gasteiger partial charge in [0.1, 0.15) is 11.6 Å². The number of fused-ring (bicyclic) bond motifs is 1. The normalized spacial score (nSPS) is 16.8. The Balaban J connectivity index is 1.52. The van der Waals surface area contributed by atoms with Gasteiger partial charge in [-0.1, -0.05) is 11.6 Å². The fourth-order valence-electron chi connectivity index (χ4n) is 4.12. The van der Waals surface area contributed by atoms with E-state index in [4.69, 9.17) is 31.0 Å². The molecule has 8 nitrogen and oxygen atoms in total. The summed E-state index contributed by atoms with van der Waals surface area (Å²) in [6.07, 6.45) is 3.65. The summed E-state index contributed by atoms with van der Waals surface area (Å²) in [5.74, 6) is 2.25. The number of halogens is 1. The molecule has 4 rings (SSSR count). The van der Waals surface area contributed by atoms with Crippen LogP contribution in [0.15, 0.2) is 18.2 Å². The number of hydrogen-bond acceptors (Lipinski definition) is 7. The van der Waals surface area contributed by atoms with Crippen molar-refractivity contribution >= 4 is 34.2 Å². The van der Waals surface area contributed by atoms with Gasteiger partial charge in [-0.2, -0.15) is 0 Å². The summed E-state index contributed by atoms with van der Waals surface area (Å²) in [7, 11) is 1.63. The Morgan fingerprint density at radius 1 is 1.27 bits per heavy atom. The van der Waals surface area contributed by atoms with Crippen molar-refractivity contribution in [1.29, 1.82) is 0 Å². The van der Waals surface area contributed by atoms with Gasteiger partial charge in [0.05, 0.1) is 25.3 Å². The second kappa shape index (κ2) is 11.9. The van der Waals surface area contributed by atoms with E-state index in [1.165, 1.54) is 0 Å². The highest BCUT2D eigenvalue weighted by atomic mass is 35.5. The van der Waals surface area contributed by atoms with Crippen LogP contribution >= 0.6 is 11.6 Å². The number of amides is 1. The maximum atomic E-state index is 12.4. The van der Waals surface area contributed by atoms with Crippen LogP contribution in [0.3, 0.4) is 0 Å². The van der Waals surface area contributed by atoms with Crippen molar-refractivity contribution in [2.24, 2.45) is 0 Å². The molecule has 1 saturated heterocycles. The van der Waals surface area contributed by atoms with Crippen LogP contribution in [0.5, 0.6) is 0 Å². The first-order valence-electron chi connectivity index (χ1n) is 11.9. The number of anilines is 1. The Bertz CT molecular complexity index is 934. The minimum Gasteiger partial charge on any atom is -0.383 e. The lowest BCUT2D eigenvalue weighted by atomic mass is 10.2. The summed E-state index contributed by atoms with van der Waals surface area (Å²) in [4.78, 5) is 26.9. The van der Waals surface area contributed by atoms with Crippen LogP contribution in [-0.2, 0) is 14.3 Å². The number of hydrogen-bond donors (Lipinski definition) is 1. The molecule has 1 aliphatic carbocycles. The molecule has 9 heteroatoms. The van der Waals surface area contributed by atoms with Crippen LogP contribution in [0.1, 0.15) is 37.4 Å². The van der Waals surface area contributed by atoms with Gasteiger partial charge in [-0.15, -0.1) is 0 Å². The fraction of sp³-hybridized carbons (Fsp3) is 0.625. The Hall–Kier alpha value is -2.00. The predicted octanol–water partition coefficient (Wildman–Crippen LogP) is 2.84. The summed E-state index contributed by atoms with van der Waals surface area (Å²) in [5.41, 5.74) is 0.872. The van der Waals surface area contributed by atoms with E-state index >= 15 is 0 Å². The van der Waals surface area contributed by atoms with Gasteiger partial charge in [-0.25, -0.2) is 9.97 Å². The smallest absolute Gasteiger partial charge is 0.221 e. The van der Waals surface area contributed by atoms with Gasteiger partial charge in [-0.3, -0.25) is 9.69 Å². The first kappa shape index (κ1) is 24.1. The summed E-state index contributed by atoms with van der Waals surface area (Å²) in [6.45, 7) is 7.00. The highest BCUT2D eigenvalue weighted by molar-refractivity contribution is 6.31. The van der Waals surface area contributed by atoms with Gasteiger partial charge < -0.3 is 19.7 Å². The molecule has 2 heterocycles. The molecule has 1 aliphatic heterocycles. The minimum atomic E-state index is 0.0223. The molecule has 0 unspecified atom stereocenters. The van der Waals surface area contributed by atoms with Crippen molar-refractivity contribution in [1.82, 2.24) is 20.2 Å². The molecule has 33 heavy (non-hydrogen) atoms. The quantitative estimate of drug-likeness (QED) is 0.473. The van der Waals surface area contributed by atoms with E-state index in [0.717, 1.165) is 81.2 Å². The second-order valence-electron chi connectivity index (χ2n) is 8.73. The maximum absolute atomic E-state index is 12.4. The molecule has 2 fully saturated rings. The molecule has 0 bridgehead atoms. The van der Waals surface area contributed by atoms with Crippen LogP contribution in [0, 0.1) is 0 Å². The van der Waals surface area contributed by atoms with Gasteiger partial charge in [0.15, 0.2) is 0 Å². The number of rotatable bonds is 12. The first-order valence-corrected chi connectivity index (χ1v) is 12.3. The van der Waals surface area contributed by atoms with Gasteiger partial charge in [0, 0.05) is 69.1 Å². The monoisotopic (exact) mass is 475 g/mol. The average Bonchev–Trinajstić information content (AvgIpc) is 3.67. The molecule has 180 valence electrons. The second-order valence-corrected chi connectivity index (χ2v) is 9.16. The van der Waals surface area contributed by atoms with Crippen molar-refractivity contribution in [3.8, 4) is 0 Å². The van der Waals surface area contributed by atoms with E-state index in [1.807, 2.05) is 18.2 Å². The van der Waals surface area contributed by atoms with E-state index in [1.54, 1.807) is 7.11 Å². The zero-order chi connectivity index (χ0) is 23.0. The van der Waals surface area contributed by atoms with Crippen molar-refractivity contribution in [3.63, 3.8) is 0 Å². The first-order chi connectivity index (χ1) is 16.1. The number of nitrogens with one attached hydrogen (secondary N) is 1. The van der Waals surface area contributed by atoms with Crippen molar-refractivity contribution in [3.05, 3.63) is 29.0 Å². The summed E-state index contributed by atoms with van der Waals surface area (Å²) in [6, 6.07) is 5.80. The summed E-state index contributed by atoms with van der Waals surface area (Å²) >= 11 is 6.28. The van der Waals surface area contributed by atoms with Crippen molar-refractivity contribution < 1.29 is 14.3 Å². The zero-order valence-corrected chi connectivity index (χ0v) is 20.1. The topological polar surface area (TPSA) is 79.8 Å². The van der Waals surface area contributed by atoms with E-state index in [2.05, 4.69) is 15.1 Å². The number of aromatic nitrogens is 2. The number of benzene rings is 1. The average molecular weight is 476 g/mol. The van der Waals surface area contributed by atoms with E-state index < -0.39 is 0 Å². The third-order valence-corrected chi connectivity index (χ3v) is 6.38. The molecular weight excluding hydrogens is 442 g/mol. The Kier molecular flexibility index (Phi) is 8.72. The van der Waals surface area contributed by atoms with E-state index in [9.17, 15) is 4.79 Å². The van der Waals surface area contributed by atoms with Gasteiger partial charge in [-0.05, 0) is 37.5 Å². The molecule has 2 aliphatic rings. The van der Waals surface area contributed by atoms with Crippen LogP contribution in [0.4, 0.5) is 5.82 Å². The van der Waals surface area contributed by atoms with Crippen LogP contribution in [0.2, 0.25) is 5.02 Å². The molecule has 1 N–H and O–H groups in total. The molecule has 1 amide bonds. The Labute approximate surface area is 200 Å². The molecule has 1 saturated carbocycles. The molecule has 0 spiro atoms. The lowest BCUT2D eigenvalue weighted by molar-refractivity contribution is -0.121. The molecule has 1 aromatic heterocycles. The number of carbonyl (C=O) groups is 1. The molecule has 0 atom stereocenters. The van der Waals surface area contributed by atoms with Crippen LogP contribution < -0.4 is 10.2 Å².